The zero-order valence-corrected chi connectivity index (χ0v) is 15.9. The van der Waals surface area contributed by atoms with Gasteiger partial charge in [0.05, 0.1) is 30.4 Å². The summed E-state index contributed by atoms with van der Waals surface area (Å²) in [7, 11) is 1.66. The molecule has 1 amide bonds. The molecule has 5 heteroatoms. The van der Waals surface area contributed by atoms with Crippen LogP contribution in [0.3, 0.4) is 0 Å². The van der Waals surface area contributed by atoms with Crippen molar-refractivity contribution >= 4 is 16.8 Å². The van der Waals surface area contributed by atoms with E-state index < -0.39 is 0 Å². The summed E-state index contributed by atoms with van der Waals surface area (Å²) in [6.07, 6.45) is 4.68. The molecule has 0 fully saturated rings. The van der Waals surface area contributed by atoms with Crippen molar-refractivity contribution in [2.45, 2.75) is 39.7 Å². The number of fused-ring (bicyclic) bond motifs is 2. The maximum Gasteiger partial charge on any atom is 0.252 e. The number of nitrogens with one attached hydrogen (secondary N) is 1. The average molecular weight is 361 g/mol. The molecule has 2 heterocycles. The average Bonchev–Trinajstić information content (AvgIpc) is 3.13. The number of rotatable bonds is 4. The Morgan fingerprint density at radius 3 is 2.85 bits per heavy atom. The molecule has 1 aromatic carbocycles. The molecule has 0 unspecified atom stereocenters. The van der Waals surface area contributed by atoms with Crippen LogP contribution in [0.2, 0.25) is 0 Å². The molecule has 4 rings (SSSR count). The highest BCUT2D eigenvalue weighted by atomic mass is 16.5. The number of benzene rings is 1. The van der Waals surface area contributed by atoms with Gasteiger partial charge in [-0.2, -0.15) is 0 Å². The molecule has 1 N–H and O–H groups in total. The summed E-state index contributed by atoms with van der Waals surface area (Å²) < 4.78 is 5.47. The van der Waals surface area contributed by atoms with Gasteiger partial charge in [0.1, 0.15) is 5.75 Å². The molecule has 1 aliphatic rings. The number of aromatic nitrogens is 2. The Morgan fingerprint density at radius 2 is 2.04 bits per heavy atom. The molecule has 0 spiro atoms. The smallest absolute Gasteiger partial charge is 0.252 e. The summed E-state index contributed by atoms with van der Waals surface area (Å²) in [6.45, 7) is 4.31. The number of ether oxygens (including phenoxy) is 1. The van der Waals surface area contributed by atoms with Crippen LogP contribution in [-0.2, 0) is 19.4 Å². The number of amides is 1. The quantitative estimate of drug-likeness (QED) is 0.770. The van der Waals surface area contributed by atoms with Gasteiger partial charge >= 0.3 is 0 Å². The number of carbonyl (C=O) groups is 1. The fraction of sp³-hybridized carbons (Fsp3) is 0.318. The Morgan fingerprint density at radius 1 is 1.22 bits per heavy atom. The molecule has 0 saturated heterocycles. The van der Waals surface area contributed by atoms with Gasteiger partial charge in [-0.05, 0) is 44.7 Å². The third kappa shape index (κ3) is 3.03. The van der Waals surface area contributed by atoms with E-state index in [2.05, 4.69) is 10.3 Å². The summed E-state index contributed by atoms with van der Waals surface area (Å²) in [4.78, 5) is 22.4. The van der Waals surface area contributed by atoms with Gasteiger partial charge in [-0.1, -0.05) is 18.2 Å². The van der Waals surface area contributed by atoms with Crippen molar-refractivity contribution in [3.8, 4) is 5.75 Å². The number of aryl methyl sites for hydroxylation is 2. The van der Waals surface area contributed by atoms with E-state index in [0.717, 1.165) is 69.6 Å². The second-order valence-corrected chi connectivity index (χ2v) is 7.01. The largest absolute Gasteiger partial charge is 0.496 e. The topological polar surface area (TPSA) is 64.1 Å². The van der Waals surface area contributed by atoms with E-state index in [-0.39, 0.29) is 5.91 Å². The monoisotopic (exact) mass is 361 g/mol. The van der Waals surface area contributed by atoms with E-state index >= 15 is 0 Å². The van der Waals surface area contributed by atoms with Crippen molar-refractivity contribution < 1.29 is 9.53 Å². The normalized spacial score (nSPS) is 12.9. The number of pyridine rings is 2. The van der Waals surface area contributed by atoms with Crippen LogP contribution in [0.5, 0.6) is 5.75 Å². The highest BCUT2D eigenvalue weighted by Crippen LogP contribution is 2.30. The van der Waals surface area contributed by atoms with E-state index in [1.807, 2.05) is 38.1 Å². The number of hydrogen-bond donors (Lipinski definition) is 1. The SMILES string of the molecule is COc1c(C)cnc(CNC(=O)c2c3c(nc4ccccc24)CCC3)c1C. The van der Waals surface area contributed by atoms with E-state index in [1.165, 1.54) is 0 Å². The first-order valence-electron chi connectivity index (χ1n) is 9.28. The number of methoxy groups -OCH3 is 1. The van der Waals surface area contributed by atoms with Crippen LogP contribution >= 0.6 is 0 Å². The van der Waals surface area contributed by atoms with Crippen LogP contribution in [-0.4, -0.2) is 23.0 Å². The summed E-state index contributed by atoms with van der Waals surface area (Å²) in [6, 6.07) is 7.87. The van der Waals surface area contributed by atoms with Gasteiger partial charge in [-0.3, -0.25) is 14.8 Å². The summed E-state index contributed by atoms with van der Waals surface area (Å²) >= 11 is 0. The van der Waals surface area contributed by atoms with Crippen LogP contribution < -0.4 is 10.1 Å². The molecular weight excluding hydrogens is 338 g/mol. The van der Waals surface area contributed by atoms with Crippen LogP contribution in [0.25, 0.3) is 10.9 Å². The van der Waals surface area contributed by atoms with Gasteiger partial charge in [-0.15, -0.1) is 0 Å². The molecular formula is C22H23N3O2. The molecule has 0 radical (unpaired) electrons. The molecule has 0 saturated carbocycles. The highest BCUT2D eigenvalue weighted by Gasteiger charge is 2.23. The lowest BCUT2D eigenvalue weighted by Gasteiger charge is -2.15. The number of nitrogens with zero attached hydrogens (tertiary/aromatic N) is 2. The van der Waals surface area contributed by atoms with Gasteiger partial charge in [-0.25, -0.2) is 0 Å². The van der Waals surface area contributed by atoms with Gasteiger partial charge in [0.15, 0.2) is 0 Å². The van der Waals surface area contributed by atoms with Gasteiger partial charge in [0, 0.05) is 28.4 Å². The zero-order chi connectivity index (χ0) is 19.0. The molecule has 0 aliphatic heterocycles. The number of carbonyl (C=O) groups excluding carboxylic acids is 1. The summed E-state index contributed by atoms with van der Waals surface area (Å²) in [5.74, 6) is 0.761. The van der Waals surface area contributed by atoms with E-state index in [0.29, 0.717) is 6.54 Å². The fourth-order valence-electron chi connectivity index (χ4n) is 3.97. The molecule has 0 atom stereocenters. The lowest BCUT2D eigenvalue weighted by Crippen LogP contribution is -2.25. The lowest BCUT2D eigenvalue weighted by molar-refractivity contribution is 0.0951. The lowest BCUT2D eigenvalue weighted by atomic mass is 10.0. The second-order valence-electron chi connectivity index (χ2n) is 7.01. The summed E-state index contributed by atoms with van der Waals surface area (Å²) in [5, 5.41) is 3.98. The molecule has 3 aromatic rings. The second kappa shape index (κ2) is 6.99. The standard InChI is InChI=1S/C22H23N3O2/c1-13-11-23-19(14(2)21(13)27-3)12-24-22(26)20-15-7-4-5-9-17(15)25-18-10-6-8-16(18)20/h4-5,7,9,11H,6,8,10,12H2,1-3H3,(H,24,26). The Hall–Kier alpha value is -2.95. The maximum absolute atomic E-state index is 13.1. The molecule has 5 nitrogen and oxygen atoms in total. The Balaban J connectivity index is 1.67. The van der Waals surface area contributed by atoms with Crippen LogP contribution in [0.4, 0.5) is 0 Å². The maximum atomic E-state index is 13.1. The first kappa shape index (κ1) is 17.5. The van der Waals surface area contributed by atoms with Crippen molar-refractivity contribution in [1.29, 1.82) is 0 Å². The summed E-state index contributed by atoms with van der Waals surface area (Å²) in [5.41, 5.74) is 6.58. The minimum absolute atomic E-state index is 0.0625. The Bertz CT molecular complexity index is 1040. The first-order valence-corrected chi connectivity index (χ1v) is 9.28. The predicted molar refractivity (Wildman–Crippen MR) is 105 cm³/mol. The van der Waals surface area contributed by atoms with E-state index in [9.17, 15) is 4.79 Å². The highest BCUT2D eigenvalue weighted by molar-refractivity contribution is 6.07. The third-order valence-corrected chi connectivity index (χ3v) is 5.31. The van der Waals surface area contributed by atoms with Crippen LogP contribution in [0.15, 0.2) is 30.5 Å². The van der Waals surface area contributed by atoms with Crippen molar-refractivity contribution in [2.24, 2.45) is 0 Å². The van der Waals surface area contributed by atoms with E-state index in [1.54, 1.807) is 13.3 Å². The molecule has 27 heavy (non-hydrogen) atoms. The van der Waals surface area contributed by atoms with Crippen LogP contribution in [0.1, 0.15) is 44.9 Å². The van der Waals surface area contributed by atoms with E-state index in [4.69, 9.17) is 9.72 Å². The number of para-hydroxylation sites is 1. The van der Waals surface area contributed by atoms with Crippen molar-refractivity contribution in [1.82, 2.24) is 15.3 Å². The van der Waals surface area contributed by atoms with Crippen molar-refractivity contribution in [2.75, 3.05) is 7.11 Å². The van der Waals surface area contributed by atoms with Crippen molar-refractivity contribution in [3.05, 3.63) is 64.1 Å². The van der Waals surface area contributed by atoms with Gasteiger partial charge < -0.3 is 10.1 Å². The minimum atomic E-state index is -0.0625. The zero-order valence-electron chi connectivity index (χ0n) is 15.9. The molecule has 2 aromatic heterocycles. The number of hydrogen-bond acceptors (Lipinski definition) is 4. The molecule has 0 bridgehead atoms. The minimum Gasteiger partial charge on any atom is -0.496 e. The fourth-order valence-corrected chi connectivity index (χ4v) is 3.97. The Labute approximate surface area is 158 Å². The molecule has 1 aliphatic carbocycles. The van der Waals surface area contributed by atoms with Crippen molar-refractivity contribution in [3.63, 3.8) is 0 Å². The predicted octanol–water partition coefficient (Wildman–Crippen LogP) is 3.67. The molecule has 138 valence electrons. The van der Waals surface area contributed by atoms with Gasteiger partial charge in [0.25, 0.3) is 5.91 Å². The van der Waals surface area contributed by atoms with Gasteiger partial charge in [0.2, 0.25) is 0 Å². The first-order chi connectivity index (χ1) is 13.1. The third-order valence-electron chi connectivity index (χ3n) is 5.31. The Kier molecular flexibility index (Phi) is 4.52. The van der Waals surface area contributed by atoms with Crippen LogP contribution in [0, 0.1) is 13.8 Å².